The smallest absolute Gasteiger partial charge is 0.229 e. The molecule has 0 radical (unpaired) electrons. The zero-order chi connectivity index (χ0) is 18.5. The number of anilines is 3. The van der Waals surface area contributed by atoms with Gasteiger partial charge in [-0.25, -0.2) is 0 Å². The number of nitrogen functional groups attached to an aromatic ring is 1. The van der Waals surface area contributed by atoms with Crippen LogP contribution in [0.2, 0.25) is 0 Å². The molecule has 0 saturated heterocycles. The Kier molecular flexibility index (Phi) is 10.8. The van der Waals surface area contributed by atoms with Crippen molar-refractivity contribution in [2.45, 2.75) is 0 Å². The maximum absolute atomic E-state index is 6.02. The summed E-state index contributed by atoms with van der Waals surface area (Å²) in [4.78, 5) is 13.1. The van der Waals surface area contributed by atoms with Crippen LogP contribution in [0, 0.1) is 0 Å². The van der Waals surface area contributed by atoms with Gasteiger partial charge in [-0.15, -0.1) is 0 Å². The van der Waals surface area contributed by atoms with E-state index in [1.165, 1.54) is 0 Å². The Hall–Kier alpha value is -1.68. The first-order chi connectivity index (χ1) is 12.2. The Morgan fingerprint density at radius 3 is 1.64 bits per heavy atom. The Balaban J connectivity index is 3.02. The summed E-state index contributed by atoms with van der Waals surface area (Å²) < 4.78 is 20.7. The van der Waals surface area contributed by atoms with Crippen molar-refractivity contribution in [2.24, 2.45) is 0 Å². The monoisotopic (exact) mass is 357 g/mol. The molecule has 1 aromatic rings. The van der Waals surface area contributed by atoms with Gasteiger partial charge in [-0.05, 0) is 0 Å². The normalized spacial score (nSPS) is 10.9. The highest BCUT2D eigenvalue weighted by atomic mass is 16.5. The second-order valence-corrected chi connectivity index (χ2v) is 5.40. The second-order valence-electron chi connectivity index (χ2n) is 5.40. The first-order valence-corrected chi connectivity index (χ1v) is 8.26. The Bertz CT molecular complexity index is 424. The van der Waals surface area contributed by atoms with Crippen molar-refractivity contribution in [3.63, 3.8) is 0 Å². The molecule has 1 aromatic heterocycles. The highest BCUT2D eigenvalue weighted by molar-refractivity contribution is 5.52. The van der Waals surface area contributed by atoms with E-state index in [9.17, 15) is 0 Å². The van der Waals surface area contributed by atoms with E-state index < -0.39 is 0 Å². The lowest BCUT2D eigenvalue weighted by atomic mass is 10.4. The largest absolute Gasteiger partial charge is 0.383 e. The molecule has 25 heavy (non-hydrogen) atoms. The number of hydrogen-bond acceptors (Lipinski definition) is 9. The molecule has 2 N–H and O–H groups in total. The molecule has 0 aliphatic heterocycles. The summed E-state index contributed by atoms with van der Waals surface area (Å²) >= 11 is 0. The van der Waals surface area contributed by atoms with Crippen molar-refractivity contribution in [2.75, 3.05) is 96.6 Å². The molecule has 0 fully saturated rings. The van der Waals surface area contributed by atoms with Crippen LogP contribution in [0.5, 0.6) is 0 Å². The predicted octanol–water partition coefficient (Wildman–Crippen LogP) is 0.257. The first kappa shape index (κ1) is 21.4. The van der Waals surface area contributed by atoms with Gasteiger partial charge in [-0.1, -0.05) is 0 Å². The van der Waals surface area contributed by atoms with E-state index in [4.69, 9.17) is 24.7 Å². The first-order valence-electron chi connectivity index (χ1n) is 8.26. The fourth-order valence-electron chi connectivity index (χ4n) is 2.20. The van der Waals surface area contributed by atoms with Gasteiger partial charge >= 0.3 is 0 Å². The van der Waals surface area contributed by atoms with Crippen LogP contribution in [0.1, 0.15) is 0 Å². The SMILES string of the molecule is COCCN(CCOC)c1cc(N)nc(N(CCOC)CCOC)n1. The molecule has 1 heterocycles. The van der Waals surface area contributed by atoms with Gasteiger partial charge < -0.3 is 34.5 Å². The number of aromatic nitrogens is 2. The van der Waals surface area contributed by atoms with Crippen LogP contribution >= 0.6 is 0 Å². The average Bonchev–Trinajstić information content (AvgIpc) is 2.61. The van der Waals surface area contributed by atoms with E-state index in [1.807, 2.05) is 4.90 Å². The van der Waals surface area contributed by atoms with Gasteiger partial charge in [0.15, 0.2) is 0 Å². The van der Waals surface area contributed by atoms with Crippen LogP contribution < -0.4 is 15.5 Å². The van der Waals surface area contributed by atoms with Gasteiger partial charge in [-0.3, -0.25) is 0 Å². The van der Waals surface area contributed by atoms with Crippen LogP contribution in [0.25, 0.3) is 0 Å². The van der Waals surface area contributed by atoms with Crippen molar-refractivity contribution in [3.8, 4) is 0 Å². The molecule has 0 unspecified atom stereocenters. The lowest BCUT2D eigenvalue weighted by Crippen LogP contribution is -2.34. The van der Waals surface area contributed by atoms with Gasteiger partial charge in [0, 0.05) is 60.7 Å². The molecular weight excluding hydrogens is 326 g/mol. The molecule has 0 amide bonds. The van der Waals surface area contributed by atoms with Crippen molar-refractivity contribution < 1.29 is 18.9 Å². The standard InChI is InChI=1S/C16H31N5O4/c1-22-9-5-20(6-10-23-2)15-13-14(17)18-16(19-15)21(7-11-24-3)8-12-25-4/h13H,5-12H2,1-4H3,(H2,17,18,19). The molecule has 1 rings (SSSR count). The number of rotatable bonds is 14. The molecule has 9 heteroatoms. The van der Waals surface area contributed by atoms with Crippen LogP contribution in [-0.2, 0) is 18.9 Å². The Morgan fingerprint density at radius 2 is 1.20 bits per heavy atom. The lowest BCUT2D eigenvalue weighted by molar-refractivity contribution is 0.189. The maximum Gasteiger partial charge on any atom is 0.229 e. The van der Waals surface area contributed by atoms with Crippen molar-refractivity contribution >= 4 is 17.6 Å². The summed E-state index contributed by atoms with van der Waals surface area (Å²) in [6.07, 6.45) is 0. The molecule has 0 saturated carbocycles. The topological polar surface area (TPSA) is 95.2 Å². The van der Waals surface area contributed by atoms with E-state index in [-0.39, 0.29) is 0 Å². The minimum Gasteiger partial charge on any atom is -0.383 e. The molecule has 0 aliphatic carbocycles. The zero-order valence-electron chi connectivity index (χ0n) is 15.7. The van der Waals surface area contributed by atoms with Crippen LogP contribution in [-0.4, -0.2) is 91.0 Å². The van der Waals surface area contributed by atoms with Gasteiger partial charge in [0.1, 0.15) is 11.6 Å². The molecule has 0 spiro atoms. The molecule has 0 atom stereocenters. The Morgan fingerprint density at radius 1 is 0.760 bits per heavy atom. The quantitative estimate of drug-likeness (QED) is 0.503. The van der Waals surface area contributed by atoms with Crippen LogP contribution in [0.4, 0.5) is 17.6 Å². The number of nitrogens with zero attached hydrogens (tertiary/aromatic N) is 4. The van der Waals surface area contributed by atoms with Crippen LogP contribution in [0.3, 0.4) is 0 Å². The lowest BCUT2D eigenvalue weighted by Gasteiger charge is -2.26. The third kappa shape index (κ3) is 7.82. The molecule has 144 valence electrons. The highest BCUT2D eigenvalue weighted by Crippen LogP contribution is 2.19. The highest BCUT2D eigenvalue weighted by Gasteiger charge is 2.15. The minimum absolute atomic E-state index is 0.416. The van der Waals surface area contributed by atoms with E-state index in [1.54, 1.807) is 34.5 Å². The fraction of sp³-hybridized carbons (Fsp3) is 0.750. The summed E-state index contributed by atoms with van der Waals surface area (Å²) in [6, 6.07) is 1.76. The average molecular weight is 357 g/mol. The summed E-state index contributed by atoms with van der Waals surface area (Å²) in [5.41, 5.74) is 6.02. The van der Waals surface area contributed by atoms with Gasteiger partial charge in [0.2, 0.25) is 5.95 Å². The fourth-order valence-corrected chi connectivity index (χ4v) is 2.20. The van der Waals surface area contributed by atoms with Gasteiger partial charge in [0.05, 0.1) is 26.4 Å². The number of ether oxygens (including phenoxy) is 4. The molecule has 9 nitrogen and oxygen atoms in total. The third-order valence-corrected chi connectivity index (χ3v) is 3.59. The third-order valence-electron chi connectivity index (χ3n) is 3.59. The molecule has 0 aromatic carbocycles. The van der Waals surface area contributed by atoms with E-state index in [2.05, 4.69) is 14.9 Å². The Labute approximate surface area is 150 Å². The number of methoxy groups -OCH3 is 4. The van der Waals surface area contributed by atoms with E-state index >= 15 is 0 Å². The number of nitrogens with two attached hydrogens (primary N) is 1. The zero-order valence-corrected chi connectivity index (χ0v) is 15.7. The van der Waals surface area contributed by atoms with Crippen molar-refractivity contribution in [3.05, 3.63) is 6.07 Å². The van der Waals surface area contributed by atoms with E-state index in [0.717, 1.165) is 5.82 Å². The van der Waals surface area contributed by atoms with Gasteiger partial charge in [0.25, 0.3) is 0 Å². The number of hydrogen-bond donors (Lipinski definition) is 1. The minimum atomic E-state index is 0.416. The molecule has 0 aliphatic rings. The summed E-state index contributed by atoms with van der Waals surface area (Å²) in [6.45, 7) is 4.97. The van der Waals surface area contributed by atoms with Crippen molar-refractivity contribution in [1.82, 2.24) is 9.97 Å². The second kappa shape index (κ2) is 12.6. The van der Waals surface area contributed by atoms with Crippen LogP contribution in [0.15, 0.2) is 6.07 Å². The van der Waals surface area contributed by atoms with Crippen molar-refractivity contribution in [1.29, 1.82) is 0 Å². The van der Waals surface area contributed by atoms with Gasteiger partial charge in [-0.2, -0.15) is 9.97 Å². The maximum atomic E-state index is 6.02. The molecular formula is C16H31N5O4. The summed E-state index contributed by atoms with van der Waals surface area (Å²) in [7, 11) is 6.67. The summed E-state index contributed by atoms with van der Waals surface area (Å²) in [5.74, 6) is 1.72. The van der Waals surface area contributed by atoms with E-state index in [0.29, 0.717) is 64.4 Å². The summed E-state index contributed by atoms with van der Waals surface area (Å²) in [5, 5.41) is 0. The predicted molar refractivity (Wildman–Crippen MR) is 98.4 cm³/mol. The molecule has 0 bridgehead atoms.